The van der Waals surface area contributed by atoms with E-state index in [1.54, 1.807) is 0 Å². The molecule has 0 bridgehead atoms. The van der Waals surface area contributed by atoms with Crippen LogP contribution in [0.1, 0.15) is 61.4 Å². The van der Waals surface area contributed by atoms with Crippen molar-refractivity contribution in [2.24, 2.45) is 0 Å². The molecule has 0 saturated carbocycles. The number of fused-ring (bicyclic) bond motifs is 1. The van der Waals surface area contributed by atoms with E-state index in [4.69, 9.17) is 4.74 Å². The molecule has 0 saturated heterocycles. The Morgan fingerprint density at radius 3 is 2.17 bits per heavy atom. The maximum absolute atomic E-state index is 12.8. The molecule has 2 rings (SSSR count). The van der Waals surface area contributed by atoms with Gasteiger partial charge in [0.2, 0.25) is 0 Å². The van der Waals surface area contributed by atoms with Gasteiger partial charge in [0.05, 0.1) is 6.10 Å². The van der Waals surface area contributed by atoms with Crippen LogP contribution in [0.2, 0.25) is 0 Å². The van der Waals surface area contributed by atoms with Crippen molar-refractivity contribution in [2.45, 2.75) is 63.9 Å². The van der Waals surface area contributed by atoms with Gasteiger partial charge in [-0.25, -0.2) is 14.4 Å². The Hall–Kier alpha value is -3.38. The molecule has 0 aliphatic carbocycles. The van der Waals surface area contributed by atoms with Crippen LogP contribution in [-0.2, 0) is 19.1 Å². The van der Waals surface area contributed by atoms with Crippen LogP contribution in [0.5, 0.6) is 11.5 Å². The van der Waals surface area contributed by atoms with E-state index in [9.17, 15) is 45.5 Å². The highest BCUT2D eigenvalue weighted by molar-refractivity contribution is 5.98. The smallest absolute Gasteiger partial charge is 0.459 e. The first kappa shape index (κ1) is 27.9. The molecule has 1 heterocycles. The van der Waals surface area contributed by atoms with Crippen molar-refractivity contribution >= 4 is 29.8 Å². The van der Waals surface area contributed by atoms with Crippen LogP contribution in [0, 0.1) is 0 Å². The Labute approximate surface area is 195 Å². The highest BCUT2D eigenvalue weighted by Crippen LogP contribution is 2.34. The third kappa shape index (κ3) is 8.41. The van der Waals surface area contributed by atoms with Gasteiger partial charge in [0.1, 0.15) is 22.8 Å². The number of ketones is 1. The van der Waals surface area contributed by atoms with Gasteiger partial charge in [-0.2, -0.15) is 26.3 Å². The Morgan fingerprint density at radius 1 is 0.943 bits per heavy atom. The van der Waals surface area contributed by atoms with E-state index >= 15 is 0 Å². The van der Waals surface area contributed by atoms with Gasteiger partial charge in [-0.1, -0.05) is 12.2 Å². The first-order chi connectivity index (χ1) is 16.2. The molecule has 1 aromatic carbocycles. The van der Waals surface area contributed by atoms with E-state index in [-0.39, 0.29) is 37.0 Å². The topological polar surface area (TPSA) is 96.0 Å². The fraction of sp³-hybridized carbons (Fsp3) is 0.455. The van der Waals surface area contributed by atoms with Crippen LogP contribution >= 0.6 is 0 Å². The molecule has 0 fully saturated rings. The summed E-state index contributed by atoms with van der Waals surface area (Å²) in [4.78, 5) is 47.4. The summed E-state index contributed by atoms with van der Waals surface area (Å²) in [6.07, 6.45) is -7.45. The summed E-state index contributed by atoms with van der Waals surface area (Å²) < 4.78 is 89.9. The fourth-order valence-electron chi connectivity index (χ4n) is 3.06. The number of alkyl halides is 6. The van der Waals surface area contributed by atoms with Gasteiger partial charge in [-0.15, -0.1) is 0 Å². The molecule has 35 heavy (non-hydrogen) atoms. The molecular formula is C22H20F6O7. The van der Waals surface area contributed by atoms with Crippen molar-refractivity contribution in [3.05, 3.63) is 29.3 Å². The Morgan fingerprint density at radius 2 is 1.54 bits per heavy atom. The van der Waals surface area contributed by atoms with Crippen LogP contribution in [0.4, 0.5) is 26.3 Å². The largest absolute Gasteiger partial charge is 0.491 e. The Balaban J connectivity index is 2.60. The van der Waals surface area contributed by atoms with Crippen LogP contribution < -0.4 is 9.47 Å². The number of rotatable bonds is 2. The number of carbonyl (C=O) groups excluding carboxylic acids is 4. The summed E-state index contributed by atoms with van der Waals surface area (Å²) in [6.45, 7) is 1.46. The van der Waals surface area contributed by atoms with Gasteiger partial charge in [-0.05, 0) is 44.2 Å². The molecule has 0 N–H and O–H groups in total. The standard InChI is InChI=1S/C22H20F6O7/c1-12-6-5-9-14(29)8-4-2-3-7-13-10-15(34-19(31)21(23,24)25)11-16(17(13)18(30)33-12)35-20(32)22(26,27)28/h3,7,10-12H,2,4-6,8-9H2,1H3/b7-3+/t12-/m0/s1. The highest BCUT2D eigenvalue weighted by Gasteiger charge is 2.43. The molecule has 0 aromatic heterocycles. The summed E-state index contributed by atoms with van der Waals surface area (Å²) in [6, 6.07) is 1.16. The first-order valence-corrected chi connectivity index (χ1v) is 10.3. The van der Waals surface area contributed by atoms with Gasteiger partial charge in [-0.3, -0.25) is 4.79 Å². The van der Waals surface area contributed by atoms with Gasteiger partial charge >= 0.3 is 30.3 Å². The molecule has 192 valence electrons. The second-order valence-corrected chi connectivity index (χ2v) is 7.60. The van der Waals surface area contributed by atoms with Gasteiger partial charge < -0.3 is 14.2 Å². The summed E-state index contributed by atoms with van der Waals surface area (Å²) >= 11 is 0. The predicted molar refractivity (Wildman–Crippen MR) is 106 cm³/mol. The number of hydrogen-bond acceptors (Lipinski definition) is 7. The average Bonchev–Trinajstić information content (AvgIpc) is 2.71. The predicted octanol–water partition coefficient (Wildman–Crippen LogP) is 5.10. The van der Waals surface area contributed by atoms with Gasteiger partial charge in [0, 0.05) is 18.9 Å². The van der Waals surface area contributed by atoms with E-state index in [0.29, 0.717) is 18.9 Å². The number of hydrogen-bond donors (Lipinski definition) is 0. The third-order valence-electron chi connectivity index (χ3n) is 4.68. The lowest BCUT2D eigenvalue weighted by Crippen LogP contribution is -2.30. The summed E-state index contributed by atoms with van der Waals surface area (Å²) in [5.41, 5.74) is -1.02. The molecule has 0 unspecified atom stereocenters. The van der Waals surface area contributed by atoms with Crippen molar-refractivity contribution in [3.8, 4) is 11.5 Å². The van der Waals surface area contributed by atoms with E-state index < -0.39 is 53.4 Å². The molecule has 1 atom stereocenters. The van der Waals surface area contributed by atoms with E-state index in [1.807, 2.05) is 0 Å². The zero-order valence-corrected chi connectivity index (χ0v) is 18.3. The molecule has 7 nitrogen and oxygen atoms in total. The van der Waals surface area contributed by atoms with Crippen molar-refractivity contribution in [3.63, 3.8) is 0 Å². The fourth-order valence-corrected chi connectivity index (χ4v) is 3.06. The lowest BCUT2D eigenvalue weighted by molar-refractivity contribution is -0.190. The minimum atomic E-state index is -5.51. The SMILES string of the molecule is C[C@H]1CCCC(=O)CCC/C=C/c2cc(OC(=O)C(F)(F)F)cc(OC(=O)C(F)(F)F)c2C(=O)O1. The number of Topliss-reactive ketones (excluding diaryl/α,β-unsaturated/α-hetero) is 1. The van der Waals surface area contributed by atoms with Gasteiger partial charge in [0.25, 0.3) is 0 Å². The molecule has 1 aromatic rings. The number of allylic oxidation sites excluding steroid dienone is 1. The maximum Gasteiger partial charge on any atom is 0.491 e. The maximum atomic E-state index is 12.8. The van der Waals surface area contributed by atoms with Gasteiger partial charge in [0.15, 0.2) is 0 Å². The van der Waals surface area contributed by atoms with Crippen molar-refractivity contribution in [2.75, 3.05) is 0 Å². The molecular weight excluding hydrogens is 490 g/mol. The minimum absolute atomic E-state index is 0.0166. The van der Waals surface area contributed by atoms with Crippen LogP contribution in [0.15, 0.2) is 18.2 Å². The Bertz CT molecular complexity index is 1010. The van der Waals surface area contributed by atoms with Crippen LogP contribution in [0.3, 0.4) is 0 Å². The zero-order chi connectivity index (χ0) is 26.4. The van der Waals surface area contributed by atoms with E-state index in [1.165, 1.54) is 13.0 Å². The van der Waals surface area contributed by atoms with Crippen LogP contribution in [-0.4, -0.2) is 42.1 Å². The van der Waals surface area contributed by atoms with E-state index in [0.717, 1.165) is 12.1 Å². The number of esters is 3. The highest BCUT2D eigenvalue weighted by atomic mass is 19.4. The molecule has 0 spiro atoms. The number of cyclic esters (lactones) is 1. The normalized spacial score (nSPS) is 19.1. The number of benzene rings is 1. The number of ether oxygens (including phenoxy) is 3. The first-order valence-electron chi connectivity index (χ1n) is 10.3. The summed E-state index contributed by atoms with van der Waals surface area (Å²) in [5, 5.41) is 0. The molecule has 1 aliphatic heterocycles. The third-order valence-corrected chi connectivity index (χ3v) is 4.68. The summed E-state index contributed by atoms with van der Waals surface area (Å²) in [7, 11) is 0. The number of carbonyl (C=O) groups is 4. The van der Waals surface area contributed by atoms with E-state index in [2.05, 4.69) is 9.47 Å². The quantitative estimate of drug-likeness (QED) is 0.310. The number of halogens is 6. The van der Waals surface area contributed by atoms with Crippen molar-refractivity contribution < 1.29 is 59.7 Å². The molecule has 0 radical (unpaired) electrons. The average molecular weight is 510 g/mol. The monoisotopic (exact) mass is 510 g/mol. The van der Waals surface area contributed by atoms with Crippen molar-refractivity contribution in [1.29, 1.82) is 0 Å². The van der Waals surface area contributed by atoms with Crippen molar-refractivity contribution in [1.82, 2.24) is 0 Å². The lowest BCUT2D eigenvalue weighted by atomic mass is 10.0. The minimum Gasteiger partial charge on any atom is -0.459 e. The molecule has 1 aliphatic rings. The lowest BCUT2D eigenvalue weighted by Gasteiger charge is -2.18. The molecule has 13 heteroatoms. The second kappa shape index (κ2) is 11.4. The Kier molecular flexibility index (Phi) is 9.05. The van der Waals surface area contributed by atoms with Crippen LogP contribution in [0.25, 0.3) is 6.08 Å². The zero-order valence-electron chi connectivity index (χ0n) is 18.3. The summed E-state index contributed by atoms with van der Waals surface area (Å²) in [5.74, 6) is -8.75. The second-order valence-electron chi connectivity index (χ2n) is 7.60. The molecule has 0 amide bonds.